The zero-order valence-corrected chi connectivity index (χ0v) is 10.4. The van der Waals surface area contributed by atoms with E-state index in [1.54, 1.807) is 0 Å². The second-order valence-corrected chi connectivity index (χ2v) is 5.40. The zero-order valence-electron chi connectivity index (χ0n) is 8.28. The van der Waals surface area contributed by atoms with Crippen LogP contribution in [-0.2, 0) is 0 Å². The monoisotopic (exact) mass is 268 g/mol. The molecule has 0 N–H and O–H groups in total. The molecule has 11 heavy (non-hydrogen) atoms. The third-order valence-corrected chi connectivity index (χ3v) is 5.30. The SMILES string of the molecule is CCC(CC)C(I)(CC)CC. The fourth-order valence-corrected chi connectivity index (χ4v) is 2.73. The summed E-state index contributed by atoms with van der Waals surface area (Å²) >= 11 is 2.66. The molecule has 0 spiro atoms. The molecule has 0 rings (SSSR count). The molecule has 0 heterocycles. The summed E-state index contributed by atoms with van der Waals surface area (Å²) in [6, 6.07) is 0. The molecule has 0 bridgehead atoms. The second kappa shape index (κ2) is 5.39. The standard InChI is InChI=1S/C10H21I/c1-5-9(6-2)10(11,7-3)8-4/h9H,5-8H2,1-4H3. The maximum Gasteiger partial charge on any atom is 0.0245 e. The minimum absolute atomic E-state index is 0.571. The van der Waals surface area contributed by atoms with Gasteiger partial charge in [-0.1, -0.05) is 63.1 Å². The normalized spacial score (nSPS) is 12.5. The molecule has 0 saturated carbocycles. The van der Waals surface area contributed by atoms with Gasteiger partial charge in [-0.05, 0) is 18.8 Å². The first-order valence-electron chi connectivity index (χ1n) is 4.83. The van der Waals surface area contributed by atoms with Crippen LogP contribution in [0.15, 0.2) is 0 Å². The number of halogens is 1. The highest BCUT2D eigenvalue weighted by Crippen LogP contribution is 2.38. The smallest absolute Gasteiger partial charge is 0.0245 e. The van der Waals surface area contributed by atoms with Gasteiger partial charge in [-0.15, -0.1) is 0 Å². The molecular weight excluding hydrogens is 247 g/mol. The Hall–Kier alpha value is 0.730. The molecule has 0 aromatic heterocycles. The van der Waals surface area contributed by atoms with E-state index in [0.717, 1.165) is 5.92 Å². The molecule has 0 radical (unpaired) electrons. The molecule has 1 heteroatoms. The van der Waals surface area contributed by atoms with Crippen LogP contribution < -0.4 is 0 Å². The highest BCUT2D eigenvalue weighted by atomic mass is 127. The van der Waals surface area contributed by atoms with Gasteiger partial charge in [-0.3, -0.25) is 0 Å². The van der Waals surface area contributed by atoms with Crippen molar-refractivity contribution in [2.45, 2.75) is 56.8 Å². The van der Waals surface area contributed by atoms with Crippen molar-refractivity contribution in [3.8, 4) is 0 Å². The van der Waals surface area contributed by atoms with E-state index in [0.29, 0.717) is 3.42 Å². The summed E-state index contributed by atoms with van der Waals surface area (Å²) in [7, 11) is 0. The van der Waals surface area contributed by atoms with Crippen LogP contribution in [0, 0.1) is 5.92 Å². The summed E-state index contributed by atoms with van der Waals surface area (Å²) in [6.45, 7) is 9.25. The third kappa shape index (κ3) is 2.92. The van der Waals surface area contributed by atoms with Crippen molar-refractivity contribution in [1.82, 2.24) is 0 Å². The minimum Gasteiger partial charge on any atom is -0.0786 e. The Morgan fingerprint density at radius 3 is 1.45 bits per heavy atom. The average Bonchev–Trinajstić information content (AvgIpc) is 2.06. The Morgan fingerprint density at radius 1 is 1.00 bits per heavy atom. The van der Waals surface area contributed by atoms with Gasteiger partial charge in [-0.25, -0.2) is 0 Å². The predicted octanol–water partition coefficient (Wildman–Crippen LogP) is 4.42. The van der Waals surface area contributed by atoms with E-state index in [9.17, 15) is 0 Å². The Morgan fingerprint density at radius 2 is 1.36 bits per heavy atom. The van der Waals surface area contributed by atoms with Gasteiger partial charge in [0.2, 0.25) is 0 Å². The van der Waals surface area contributed by atoms with Crippen LogP contribution in [0.4, 0.5) is 0 Å². The fourth-order valence-electron chi connectivity index (χ4n) is 1.85. The van der Waals surface area contributed by atoms with Gasteiger partial charge in [-0.2, -0.15) is 0 Å². The van der Waals surface area contributed by atoms with Crippen LogP contribution in [0.3, 0.4) is 0 Å². The first-order valence-corrected chi connectivity index (χ1v) is 5.91. The zero-order chi connectivity index (χ0) is 8.91. The van der Waals surface area contributed by atoms with E-state index in [4.69, 9.17) is 0 Å². The molecule has 0 amide bonds. The van der Waals surface area contributed by atoms with Gasteiger partial charge in [0.15, 0.2) is 0 Å². The fraction of sp³-hybridized carbons (Fsp3) is 1.00. The van der Waals surface area contributed by atoms with E-state index in [1.165, 1.54) is 25.7 Å². The van der Waals surface area contributed by atoms with Gasteiger partial charge in [0.25, 0.3) is 0 Å². The largest absolute Gasteiger partial charge is 0.0786 e. The van der Waals surface area contributed by atoms with Crippen LogP contribution in [0.2, 0.25) is 0 Å². The van der Waals surface area contributed by atoms with E-state index >= 15 is 0 Å². The van der Waals surface area contributed by atoms with Gasteiger partial charge < -0.3 is 0 Å². The lowest BCUT2D eigenvalue weighted by Gasteiger charge is -2.33. The number of rotatable bonds is 5. The van der Waals surface area contributed by atoms with Gasteiger partial charge >= 0.3 is 0 Å². The molecule has 0 saturated heterocycles. The predicted molar refractivity (Wildman–Crippen MR) is 61.4 cm³/mol. The number of hydrogen-bond acceptors (Lipinski definition) is 0. The summed E-state index contributed by atoms with van der Waals surface area (Å²) in [6.07, 6.45) is 5.30. The molecule has 0 aromatic carbocycles. The van der Waals surface area contributed by atoms with Crippen LogP contribution >= 0.6 is 22.6 Å². The van der Waals surface area contributed by atoms with Crippen molar-refractivity contribution >= 4 is 22.6 Å². The van der Waals surface area contributed by atoms with E-state index in [-0.39, 0.29) is 0 Å². The van der Waals surface area contributed by atoms with E-state index < -0.39 is 0 Å². The van der Waals surface area contributed by atoms with Crippen molar-refractivity contribution < 1.29 is 0 Å². The average molecular weight is 268 g/mol. The lowest BCUT2D eigenvalue weighted by atomic mass is 9.84. The van der Waals surface area contributed by atoms with Crippen LogP contribution in [0.1, 0.15) is 53.4 Å². The first-order chi connectivity index (χ1) is 5.14. The van der Waals surface area contributed by atoms with E-state index in [2.05, 4.69) is 50.3 Å². The summed E-state index contributed by atoms with van der Waals surface area (Å²) in [4.78, 5) is 0. The molecule has 0 unspecified atom stereocenters. The van der Waals surface area contributed by atoms with Crippen LogP contribution in [0.5, 0.6) is 0 Å². The lowest BCUT2D eigenvalue weighted by Crippen LogP contribution is -2.28. The van der Waals surface area contributed by atoms with Crippen LogP contribution in [-0.4, -0.2) is 3.42 Å². The van der Waals surface area contributed by atoms with Crippen molar-refractivity contribution in [2.24, 2.45) is 5.92 Å². The maximum absolute atomic E-state index is 2.66. The highest BCUT2D eigenvalue weighted by Gasteiger charge is 2.29. The van der Waals surface area contributed by atoms with Crippen molar-refractivity contribution in [3.63, 3.8) is 0 Å². The summed E-state index contributed by atoms with van der Waals surface area (Å²) in [5.74, 6) is 0.915. The first kappa shape index (κ1) is 11.7. The maximum atomic E-state index is 2.66. The topological polar surface area (TPSA) is 0 Å². The molecule has 0 fully saturated rings. The molecule has 0 aromatic rings. The Balaban J connectivity index is 4.19. The lowest BCUT2D eigenvalue weighted by molar-refractivity contribution is 0.354. The minimum atomic E-state index is 0.571. The summed E-state index contributed by atoms with van der Waals surface area (Å²) in [5, 5.41) is 0. The summed E-state index contributed by atoms with van der Waals surface area (Å²) < 4.78 is 0.571. The molecule has 0 atom stereocenters. The summed E-state index contributed by atoms with van der Waals surface area (Å²) in [5.41, 5.74) is 0. The highest BCUT2D eigenvalue weighted by molar-refractivity contribution is 14.1. The molecule has 0 aliphatic heterocycles. The van der Waals surface area contributed by atoms with Gasteiger partial charge in [0.05, 0.1) is 0 Å². The van der Waals surface area contributed by atoms with Gasteiger partial charge in [0, 0.05) is 3.42 Å². The molecule has 0 aliphatic carbocycles. The third-order valence-electron chi connectivity index (χ3n) is 2.89. The van der Waals surface area contributed by atoms with Crippen molar-refractivity contribution in [1.29, 1.82) is 0 Å². The Labute approximate surface area is 85.3 Å². The molecule has 68 valence electrons. The Kier molecular flexibility index (Phi) is 5.75. The molecular formula is C10H21I. The second-order valence-electron chi connectivity index (χ2n) is 3.26. The quantitative estimate of drug-likeness (QED) is 0.511. The number of hydrogen-bond donors (Lipinski definition) is 0. The van der Waals surface area contributed by atoms with Gasteiger partial charge in [0.1, 0.15) is 0 Å². The molecule has 0 nitrogen and oxygen atoms in total. The van der Waals surface area contributed by atoms with E-state index in [1.807, 2.05) is 0 Å². The van der Waals surface area contributed by atoms with Crippen LogP contribution in [0.25, 0.3) is 0 Å². The Bertz CT molecular complexity index is 91.0. The van der Waals surface area contributed by atoms with Crippen molar-refractivity contribution in [3.05, 3.63) is 0 Å². The number of alkyl halides is 1. The molecule has 0 aliphatic rings. The van der Waals surface area contributed by atoms with Crippen molar-refractivity contribution in [2.75, 3.05) is 0 Å².